The van der Waals surface area contributed by atoms with E-state index in [0.29, 0.717) is 17.8 Å². The summed E-state index contributed by atoms with van der Waals surface area (Å²) in [6, 6.07) is 16.6. The summed E-state index contributed by atoms with van der Waals surface area (Å²) in [7, 11) is -5.79. The van der Waals surface area contributed by atoms with Crippen LogP contribution < -0.4 is 9.80 Å². The molecule has 2 saturated carbocycles. The molecule has 0 radical (unpaired) electrons. The zero-order chi connectivity index (χ0) is 40.6. The van der Waals surface area contributed by atoms with E-state index in [-0.39, 0.29) is 71.0 Å². The van der Waals surface area contributed by atoms with Crippen LogP contribution in [0.3, 0.4) is 0 Å². The summed E-state index contributed by atoms with van der Waals surface area (Å²) in [4.78, 5) is 58.0. The van der Waals surface area contributed by atoms with E-state index < -0.39 is 25.2 Å². The molecule has 4 bridgehead atoms. The first-order valence-corrected chi connectivity index (χ1v) is 31.0. The van der Waals surface area contributed by atoms with Gasteiger partial charge < -0.3 is 8.23 Å². The molecule has 2 aromatic carbocycles. The number of rotatable bonds is 16. The topological polar surface area (TPSA) is 93.2 Å². The third-order valence-corrected chi connectivity index (χ3v) is 23.8. The fraction of sp³-hybridized carbons (Fsp3) is 0.565. The summed E-state index contributed by atoms with van der Waals surface area (Å²) < 4.78 is 13.2. The van der Waals surface area contributed by atoms with Gasteiger partial charge in [0.2, 0.25) is 23.6 Å². The van der Waals surface area contributed by atoms with Crippen LogP contribution >= 0.6 is 0 Å². The van der Waals surface area contributed by atoms with E-state index in [9.17, 15) is 19.2 Å². The van der Waals surface area contributed by atoms with Gasteiger partial charge in [-0.1, -0.05) is 67.3 Å². The zero-order valence-electron chi connectivity index (χ0n) is 35.3. The van der Waals surface area contributed by atoms with Crippen LogP contribution in [0.5, 0.6) is 0 Å². The fourth-order valence-corrected chi connectivity index (χ4v) is 25.0. The number of anilines is 2. The Hall–Kier alpha value is -3.23. The summed E-state index contributed by atoms with van der Waals surface area (Å²) in [6.45, 7) is 17.8. The second-order valence-corrected chi connectivity index (χ2v) is 32.6. The lowest BCUT2D eigenvalue weighted by Crippen LogP contribution is -2.51. The van der Waals surface area contributed by atoms with E-state index in [2.05, 4.69) is 64.9 Å². The standard InChI is InChI=1S/C46H62N2O6Si3/c1-9-10-11-13-31-25-33-27-37(31)41-39(33)43(49)47(45(41)51)35-19-15-29(16-20-35)24-30-17-21-36(22-18-30)48-44(50)40-34-26-32(38(28-34)42(40)46(48)52)14-12-23-56(5,6)54-57(7,8)53-55(2,3)4/h15-22,25-26,33-34,37-42H,9-14,23-24,27-28H2,1-8H3. The Balaban J connectivity index is 0.855. The van der Waals surface area contributed by atoms with Crippen molar-refractivity contribution in [2.45, 2.75) is 117 Å². The third-order valence-electron chi connectivity index (χ3n) is 13.6. The predicted octanol–water partition coefficient (Wildman–Crippen LogP) is 9.78. The van der Waals surface area contributed by atoms with Crippen LogP contribution in [0.15, 0.2) is 71.8 Å². The number of imide groups is 2. The maximum atomic E-state index is 14.0. The lowest BCUT2D eigenvalue weighted by Gasteiger charge is -2.37. The van der Waals surface area contributed by atoms with Crippen molar-refractivity contribution >= 4 is 60.2 Å². The van der Waals surface area contributed by atoms with Gasteiger partial charge in [0.1, 0.15) is 0 Å². The number of allylic oxidation sites excluding steroid dienone is 4. The molecule has 4 aliphatic carbocycles. The second kappa shape index (κ2) is 15.1. The number of benzene rings is 2. The summed E-state index contributed by atoms with van der Waals surface area (Å²) in [6.07, 6.45) is 13.7. The number of unbranched alkanes of at least 4 members (excludes halogenated alkanes) is 2. The van der Waals surface area contributed by atoms with Crippen LogP contribution in [0.25, 0.3) is 0 Å². The first kappa shape index (κ1) is 40.5. The molecule has 0 aromatic heterocycles. The summed E-state index contributed by atoms with van der Waals surface area (Å²) in [5.41, 5.74) is 6.19. The molecule has 8 atom stereocenters. The third kappa shape index (κ3) is 7.72. The maximum Gasteiger partial charge on any atom is 0.311 e. The van der Waals surface area contributed by atoms with Gasteiger partial charge in [-0.15, -0.1) is 0 Å². The average molecular weight is 823 g/mol. The number of carbonyl (C=O) groups is 4. The first-order chi connectivity index (χ1) is 26.9. The van der Waals surface area contributed by atoms with Crippen molar-refractivity contribution in [2.24, 2.45) is 47.3 Å². The highest BCUT2D eigenvalue weighted by molar-refractivity contribution is 6.87. The van der Waals surface area contributed by atoms with Gasteiger partial charge in [0.25, 0.3) is 0 Å². The molecular weight excluding hydrogens is 761 g/mol. The van der Waals surface area contributed by atoms with Crippen LogP contribution in [0.2, 0.25) is 51.9 Å². The highest BCUT2D eigenvalue weighted by atomic mass is 28.5. The summed E-state index contributed by atoms with van der Waals surface area (Å²) in [5, 5.41) is 0. The number of hydrogen-bond donors (Lipinski definition) is 0. The van der Waals surface area contributed by atoms with E-state index in [0.717, 1.165) is 55.7 Å². The SMILES string of the molecule is CCCCCC1=CC2CC1C1C(=O)N(c3ccc(Cc4ccc(N5C(=O)C6C7C=C(CCC[Si](C)(C)O[Si](C)(C)O[Si](C)(C)C)C(C7)C6C5=O)cc4)cc3)C(=O)C21. The lowest BCUT2D eigenvalue weighted by atomic mass is 9.80. The molecule has 6 aliphatic rings. The van der Waals surface area contributed by atoms with E-state index in [1.54, 1.807) is 0 Å². The van der Waals surface area contributed by atoms with E-state index >= 15 is 0 Å². The van der Waals surface area contributed by atoms with Crippen molar-refractivity contribution in [1.29, 1.82) is 0 Å². The molecule has 2 aromatic rings. The molecule has 2 saturated heterocycles. The normalized spacial score (nSPS) is 29.2. The quantitative estimate of drug-likeness (QED) is 0.0725. The maximum absolute atomic E-state index is 14.0. The molecule has 4 fully saturated rings. The van der Waals surface area contributed by atoms with Crippen molar-refractivity contribution in [2.75, 3.05) is 9.80 Å². The predicted molar refractivity (Wildman–Crippen MR) is 233 cm³/mol. The first-order valence-electron chi connectivity index (χ1n) is 21.7. The monoisotopic (exact) mass is 822 g/mol. The largest absolute Gasteiger partial charge is 0.437 e. The summed E-state index contributed by atoms with van der Waals surface area (Å²) in [5.74, 6) is -0.390. The highest BCUT2D eigenvalue weighted by Crippen LogP contribution is 2.58. The van der Waals surface area contributed by atoms with E-state index in [4.69, 9.17) is 8.23 Å². The molecule has 0 N–H and O–H groups in total. The Kier molecular flexibility index (Phi) is 10.7. The molecule has 2 aliphatic heterocycles. The zero-order valence-corrected chi connectivity index (χ0v) is 38.3. The van der Waals surface area contributed by atoms with Crippen molar-refractivity contribution in [1.82, 2.24) is 0 Å². The molecule has 0 spiro atoms. The molecule has 11 heteroatoms. The number of hydrogen-bond acceptors (Lipinski definition) is 6. The van der Waals surface area contributed by atoms with Crippen LogP contribution in [0.4, 0.5) is 11.4 Å². The van der Waals surface area contributed by atoms with Gasteiger partial charge in [-0.25, -0.2) is 0 Å². The molecule has 4 amide bonds. The molecule has 2 heterocycles. The van der Waals surface area contributed by atoms with Crippen LogP contribution in [0.1, 0.15) is 69.4 Å². The average Bonchev–Trinajstić information content (AvgIpc) is 3.96. The molecular formula is C46H62N2O6Si3. The van der Waals surface area contributed by atoms with Crippen molar-refractivity contribution < 1.29 is 27.4 Å². The number of fused-ring (bicyclic) bond motifs is 10. The van der Waals surface area contributed by atoms with Crippen molar-refractivity contribution in [3.8, 4) is 0 Å². The minimum atomic E-state index is -2.19. The van der Waals surface area contributed by atoms with Gasteiger partial charge >= 0.3 is 8.56 Å². The highest BCUT2D eigenvalue weighted by Gasteiger charge is 2.62. The second-order valence-electron chi connectivity index (χ2n) is 19.9. The number of nitrogens with zero attached hydrogens (tertiary/aromatic N) is 2. The van der Waals surface area contributed by atoms with Gasteiger partial charge in [0.15, 0.2) is 16.6 Å². The van der Waals surface area contributed by atoms with Gasteiger partial charge in [0.05, 0.1) is 35.0 Å². The molecule has 57 heavy (non-hydrogen) atoms. The van der Waals surface area contributed by atoms with Crippen LogP contribution in [-0.2, 0) is 33.8 Å². The van der Waals surface area contributed by atoms with Gasteiger partial charge in [-0.3, -0.25) is 29.0 Å². The number of amides is 4. The minimum absolute atomic E-state index is 0.0300. The number of carbonyl (C=O) groups excluding carboxylic acids is 4. The van der Waals surface area contributed by atoms with E-state index in [1.807, 2.05) is 48.5 Å². The lowest BCUT2D eigenvalue weighted by molar-refractivity contribution is -0.124. The Labute approximate surface area is 343 Å². The smallest absolute Gasteiger partial charge is 0.311 e. The Morgan fingerprint density at radius 3 is 1.46 bits per heavy atom. The fourth-order valence-electron chi connectivity index (χ4n) is 11.8. The summed E-state index contributed by atoms with van der Waals surface area (Å²) >= 11 is 0. The Morgan fingerprint density at radius 2 is 1.02 bits per heavy atom. The Bertz CT molecular complexity index is 2000. The van der Waals surface area contributed by atoms with Crippen molar-refractivity contribution in [3.05, 3.63) is 83.0 Å². The van der Waals surface area contributed by atoms with Gasteiger partial charge in [-0.05, 0) is 156 Å². The molecule has 8 nitrogen and oxygen atoms in total. The molecule has 8 unspecified atom stereocenters. The van der Waals surface area contributed by atoms with Gasteiger partial charge in [-0.2, -0.15) is 0 Å². The van der Waals surface area contributed by atoms with Crippen LogP contribution in [-0.4, -0.2) is 48.8 Å². The molecule has 304 valence electrons. The molecule has 8 rings (SSSR count). The van der Waals surface area contributed by atoms with Gasteiger partial charge in [0, 0.05) is 0 Å². The Morgan fingerprint density at radius 1 is 0.579 bits per heavy atom. The van der Waals surface area contributed by atoms with Crippen molar-refractivity contribution in [3.63, 3.8) is 0 Å². The van der Waals surface area contributed by atoms with Crippen LogP contribution in [0, 0.1) is 47.3 Å². The van der Waals surface area contributed by atoms with E-state index in [1.165, 1.54) is 33.8 Å². The minimum Gasteiger partial charge on any atom is -0.437 e.